The van der Waals surface area contributed by atoms with E-state index in [1.807, 2.05) is 0 Å². The Balaban J connectivity index is 1.89. The highest BCUT2D eigenvalue weighted by Crippen LogP contribution is 2.21. The molecule has 0 saturated carbocycles. The lowest BCUT2D eigenvalue weighted by Gasteiger charge is -2.04. The Morgan fingerprint density at radius 1 is 1.21 bits per heavy atom. The Morgan fingerprint density at radius 3 is 2.79 bits per heavy atom. The molecule has 0 aliphatic carbocycles. The van der Waals surface area contributed by atoms with Crippen molar-refractivity contribution in [2.45, 2.75) is 6.54 Å². The molecular formula is C20H13FN2O5S. The number of amides is 1. The van der Waals surface area contributed by atoms with Crippen LogP contribution in [0.25, 0.3) is 21.2 Å². The fourth-order valence-electron chi connectivity index (χ4n) is 2.86. The maximum atomic E-state index is 14.3. The number of hydrogen-bond acceptors (Lipinski definition) is 6. The van der Waals surface area contributed by atoms with Crippen LogP contribution in [0.4, 0.5) is 4.39 Å². The zero-order valence-electron chi connectivity index (χ0n) is 15.0. The number of nitrogens with zero attached hydrogens (tertiary/aromatic N) is 2. The summed E-state index contributed by atoms with van der Waals surface area (Å²) in [5, 5.41) is 0.341. The van der Waals surface area contributed by atoms with E-state index in [2.05, 4.69) is 9.73 Å². The number of methoxy groups -OCH3 is 1. The molecule has 4 aromatic rings. The number of thiazole rings is 1. The minimum absolute atomic E-state index is 0.0799. The first-order valence-electron chi connectivity index (χ1n) is 8.44. The maximum Gasteiger partial charge on any atom is 0.325 e. The SMILES string of the molecule is COC(=O)Cn1c(=NC(=O)c2cc(=O)c3ccccc3o2)sc2cccc(F)c21. The highest BCUT2D eigenvalue weighted by molar-refractivity contribution is 7.16. The van der Waals surface area contributed by atoms with Crippen molar-refractivity contribution < 1.29 is 23.1 Å². The lowest BCUT2D eigenvalue weighted by molar-refractivity contribution is -0.141. The molecule has 0 radical (unpaired) electrons. The van der Waals surface area contributed by atoms with E-state index in [0.29, 0.717) is 10.1 Å². The van der Waals surface area contributed by atoms with Crippen LogP contribution < -0.4 is 10.2 Å². The van der Waals surface area contributed by atoms with Gasteiger partial charge in [0.05, 0.1) is 22.7 Å². The van der Waals surface area contributed by atoms with E-state index in [9.17, 15) is 18.8 Å². The largest absolute Gasteiger partial charge is 0.468 e. The van der Waals surface area contributed by atoms with E-state index < -0.39 is 17.7 Å². The van der Waals surface area contributed by atoms with Crippen LogP contribution in [0.15, 0.2) is 62.7 Å². The number of carbonyl (C=O) groups is 2. The molecule has 0 aliphatic heterocycles. The third-order valence-corrected chi connectivity index (χ3v) is 5.25. The van der Waals surface area contributed by atoms with Crippen LogP contribution in [-0.4, -0.2) is 23.6 Å². The van der Waals surface area contributed by atoms with Gasteiger partial charge in [-0.15, -0.1) is 0 Å². The van der Waals surface area contributed by atoms with Crippen LogP contribution >= 0.6 is 11.3 Å². The summed E-state index contributed by atoms with van der Waals surface area (Å²) < 4.78 is 26.3. The monoisotopic (exact) mass is 412 g/mol. The van der Waals surface area contributed by atoms with E-state index in [4.69, 9.17) is 4.42 Å². The first kappa shape index (κ1) is 18.8. The molecule has 0 unspecified atom stereocenters. The Labute approximate surface area is 166 Å². The second-order valence-corrected chi connectivity index (χ2v) is 7.03. The molecule has 2 aromatic heterocycles. The van der Waals surface area contributed by atoms with Gasteiger partial charge in [0, 0.05) is 6.07 Å². The first-order valence-corrected chi connectivity index (χ1v) is 9.26. The molecule has 0 N–H and O–H groups in total. The normalized spacial score (nSPS) is 11.9. The molecule has 0 atom stereocenters. The highest BCUT2D eigenvalue weighted by atomic mass is 32.1. The molecule has 1 amide bonds. The summed E-state index contributed by atoms with van der Waals surface area (Å²) in [5.41, 5.74) is 0.00742. The van der Waals surface area contributed by atoms with Gasteiger partial charge in [0.1, 0.15) is 17.9 Å². The molecule has 0 aliphatic rings. The van der Waals surface area contributed by atoms with Gasteiger partial charge in [-0.05, 0) is 24.3 Å². The minimum Gasteiger partial charge on any atom is -0.468 e. The third kappa shape index (κ3) is 3.47. The van der Waals surface area contributed by atoms with E-state index in [0.717, 1.165) is 17.4 Å². The molecule has 146 valence electrons. The molecule has 0 fully saturated rings. The predicted octanol–water partition coefficient (Wildman–Crippen LogP) is 2.86. The number of hydrogen-bond donors (Lipinski definition) is 0. The number of halogens is 1. The summed E-state index contributed by atoms with van der Waals surface area (Å²) >= 11 is 1.03. The second kappa shape index (κ2) is 7.44. The number of para-hydroxylation sites is 2. The molecule has 0 spiro atoms. The van der Waals surface area contributed by atoms with Crippen molar-refractivity contribution in [2.75, 3.05) is 7.11 Å². The number of benzene rings is 2. The average Bonchev–Trinajstić information content (AvgIpc) is 3.06. The number of esters is 1. The molecule has 0 saturated heterocycles. The predicted molar refractivity (Wildman–Crippen MR) is 104 cm³/mol. The lowest BCUT2D eigenvalue weighted by Crippen LogP contribution is -2.23. The summed E-state index contributed by atoms with van der Waals surface area (Å²) in [6.45, 7) is -0.328. The van der Waals surface area contributed by atoms with E-state index >= 15 is 0 Å². The summed E-state index contributed by atoms with van der Waals surface area (Å²) in [6, 6.07) is 12.0. The number of fused-ring (bicyclic) bond motifs is 2. The molecular weight excluding hydrogens is 399 g/mol. The van der Waals surface area contributed by atoms with E-state index in [1.54, 1.807) is 30.3 Å². The summed E-state index contributed by atoms with van der Waals surface area (Å²) in [5.74, 6) is -2.26. The standard InChI is InChI=1S/C20H13FN2O5S/c1-27-17(25)10-23-18-12(21)6-4-8-16(18)29-20(23)22-19(26)15-9-13(24)11-5-2-3-7-14(11)28-15/h2-9H,10H2,1H3. The maximum absolute atomic E-state index is 14.3. The van der Waals surface area contributed by atoms with E-state index in [1.165, 1.54) is 23.8 Å². The molecule has 0 bridgehead atoms. The van der Waals surface area contributed by atoms with Gasteiger partial charge < -0.3 is 13.7 Å². The fourth-order valence-corrected chi connectivity index (χ4v) is 3.91. The van der Waals surface area contributed by atoms with Crippen LogP contribution in [0.5, 0.6) is 0 Å². The Kier molecular flexibility index (Phi) is 4.81. The minimum atomic E-state index is -0.821. The molecule has 7 nitrogen and oxygen atoms in total. The van der Waals surface area contributed by atoms with Crippen molar-refractivity contribution in [3.63, 3.8) is 0 Å². The van der Waals surface area contributed by atoms with Gasteiger partial charge in [-0.25, -0.2) is 4.39 Å². The number of ether oxygens (including phenoxy) is 1. The summed E-state index contributed by atoms with van der Waals surface area (Å²) in [4.78, 5) is 40.7. The van der Waals surface area contributed by atoms with Crippen molar-refractivity contribution in [3.8, 4) is 0 Å². The van der Waals surface area contributed by atoms with E-state index in [-0.39, 0.29) is 33.6 Å². The van der Waals surface area contributed by atoms with Crippen LogP contribution in [0.2, 0.25) is 0 Å². The van der Waals surface area contributed by atoms with Crippen molar-refractivity contribution in [1.82, 2.24) is 4.57 Å². The Morgan fingerprint density at radius 2 is 2.00 bits per heavy atom. The van der Waals surface area contributed by atoms with Crippen molar-refractivity contribution in [2.24, 2.45) is 4.99 Å². The van der Waals surface area contributed by atoms with Crippen LogP contribution in [-0.2, 0) is 16.1 Å². The second-order valence-electron chi connectivity index (χ2n) is 6.02. The fraction of sp³-hybridized carbons (Fsp3) is 0.100. The van der Waals surface area contributed by atoms with Gasteiger partial charge in [0.15, 0.2) is 16.0 Å². The molecule has 2 heterocycles. The first-order chi connectivity index (χ1) is 14.0. The number of aromatic nitrogens is 1. The molecule has 2 aromatic carbocycles. The number of carbonyl (C=O) groups excluding carboxylic acids is 2. The van der Waals surface area contributed by atoms with Crippen LogP contribution in [0.1, 0.15) is 10.6 Å². The zero-order valence-corrected chi connectivity index (χ0v) is 15.9. The van der Waals surface area contributed by atoms with Gasteiger partial charge >= 0.3 is 11.9 Å². The Hall–Kier alpha value is -3.59. The lowest BCUT2D eigenvalue weighted by atomic mass is 10.2. The third-order valence-electron chi connectivity index (χ3n) is 4.21. The van der Waals surface area contributed by atoms with Gasteiger partial charge in [0.2, 0.25) is 0 Å². The van der Waals surface area contributed by atoms with Crippen molar-refractivity contribution >= 4 is 44.4 Å². The number of rotatable bonds is 3. The van der Waals surface area contributed by atoms with Crippen molar-refractivity contribution in [1.29, 1.82) is 0 Å². The average molecular weight is 412 g/mol. The molecule has 4 rings (SSSR count). The Bertz CT molecular complexity index is 1400. The van der Waals surface area contributed by atoms with Gasteiger partial charge in [-0.1, -0.05) is 29.5 Å². The van der Waals surface area contributed by atoms with Gasteiger partial charge in [-0.2, -0.15) is 4.99 Å². The topological polar surface area (TPSA) is 90.9 Å². The molecule has 29 heavy (non-hydrogen) atoms. The summed E-state index contributed by atoms with van der Waals surface area (Å²) in [7, 11) is 1.21. The van der Waals surface area contributed by atoms with Crippen LogP contribution in [0.3, 0.4) is 0 Å². The van der Waals surface area contributed by atoms with Gasteiger partial charge in [0.25, 0.3) is 0 Å². The quantitative estimate of drug-likeness (QED) is 0.483. The smallest absolute Gasteiger partial charge is 0.325 e. The van der Waals surface area contributed by atoms with Crippen LogP contribution in [0, 0.1) is 5.82 Å². The summed E-state index contributed by atoms with van der Waals surface area (Å²) in [6.07, 6.45) is 0. The van der Waals surface area contributed by atoms with Crippen molar-refractivity contribution in [3.05, 3.63) is 75.1 Å². The highest BCUT2D eigenvalue weighted by Gasteiger charge is 2.17. The molecule has 9 heteroatoms. The zero-order chi connectivity index (χ0) is 20.5. The van der Waals surface area contributed by atoms with Gasteiger partial charge in [-0.3, -0.25) is 14.4 Å².